The molecule has 1 amide bonds. The third kappa shape index (κ3) is 4.72. The van der Waals surface area contributed by atoms with Gasteiger partial charge in [0.25, 0.3) is 0 Å². The van der Waals surface area contributed by atoms with Crippen LogP contribution in [0.5, 0.6) is 0 Å². The van der Waals surface area contributed by atoms with Gasteiger partial charge < -0.3 is 15.0 Å². The molecule has 1 aliphatic rings. The third-order valence-electron chi connectivity index (χ3n) is 3.46. The van der Waals surface area contributed by atoms with E-state index in [4.69, 9.17) is 4.74 Å². The monoisotopic (exact) mass is 420 g/mol. The van der Waals surface area contributed by atoms with Gasteiger partial charge >= 0.3 is 6.09 Å². The molecule has 1 aromatic carbocycles. The molecule has 1 unspecified atom stereocenters. The molecule has 0 saturated carbocycles. The van der Waals surface area contributed by atoms with E-state index in [2.05, 4.69) is 27.9 Å². The fourth-order valence-corrected chi connectivity index (χ4v) is 3.14. The first-order valence-electron chi connectivity index (χ1n) is 7.45. The Bertz CT molecular complexity index is 545. The highest BCUT2D eigenvalue weighted by Gasteiger charge is 2.31. The molecule has 4 nitrogen and oxygen atoms in total. The fourth-order valence-electron chi connectivity index (χ4n) is 2.47. The second kappa shape index (κ2) is 7.02. The van der Waals surface area contributed by atoms with Gasteiger partial charge in [-0.2, -0.15) is 0 Å². The van der Waals surface area contributed by atoms with E-state index < -0.39 is 5.60 Å². The molecule has 0 bridgehead atoms. The summed E-state index contributed by atoms with van der Waals surface area (Å²) in [5.41, 5.74) is 0.405. The van der Waals surface area contributed by atoms with E-state index in [-0.39, 0.29) is 18.0 Å². The van der Waals surface area contributed by atoms with Crippen LogP contribution in [0.25, 0.3) is 0 Å². The minimum Gasteiger partial charge on any atom is -0.444 e. The number of hydrogen-bond acceptors (Lipinski definition) is 3. The first kappa shape index (κ1) is 17.3. The van der Waals surface area contributed by atoms with Crippen molar-refractivity contribution in [1.29, 1.82) is 0 Å². The van der Waals surface area contributed by atoms with E-state index in [0.717, 1.165) is 28.6 Å². The van der Waals surface area contributed by atoms with Gasteiger partial charge in [0, 0.05) is 22.3 Å². The average molecular weight is 420 g/mol. The highest BCUT2D eigenvalue weighted by atomic mass is 127. The maximum atomic E-state index is 13.1. The lowest BCUT2D eigenvalue weighted by Gasteiger charge is -2.29. The maximum Gasteiger partial charge on any atom is 0.410 e. The molecule has 1 aromatic rings. The van der Waals surface area contributed by atoms with E-state index in [9.17, 15) is 9.18 Å². The molecule has 22 heavy (non-hydrogen) atoms. The number of anilines is 1. The Morgan fingerprint density at radius 1 is 1.50 bits per heavy atom. The van der Waals surface area contributed by atoms with E-state index in [0.29, 0.717) is 6.54 Å². The van der Waals surface area contributed by atoms with E-state index in [1.807, 2.05) is 20.8 Å². The van der Waals surface area contributed by atoms with Crippen molar-refractivity contribution in [3.63, 3.8) is 0 Å². The first-order chi connectivity index (χ1) is 10.3. The zero-order chi connectivity index (χ0) is 16.3. The van der Waals surface area contributed by atoms with E-state index in [1.165, 1.54) is 12.1 Å². The number of benzene rings is 1. The molecule has 1 atom stereocenters. The zero-order valence-corrected chi connectivity index (χ0v) is 15.3. The number of hydrogen-bond donors (Lipinski definition) is 1. The van der Waals surface area contributed by atoms with Crippen LogP contribution >= 0.6 is 22.6 Å². The number of amides is 1. The topological polar surface area (TPSA) is 41.6 Å². The van der Waals surface area contributed by atoms with Crippen molar-refractivity contribution in [3.05, 3.63) is 27.6 Å². The number of likely N-dealkylation sites (tertiary alicyclic amines) is 1. The predicted octanol–water partition coefficient (Wildman–Crippen LogP) is 4.24. The summed E-state index contributed by atoms with van der Waals surface area (Å²) in [7, 11) is 0. The standard InChI is InChI=1S/C16H22FIN2O2/c1-16(2,3)22-15(21)20-8-4-5-12(20)10-19-14-7-6-11(17)9-13(14)18/h6-7,9,12,19H,4-5,8,10H2,1-3H3. The van der Waals surface area contributed by atoms with E-state index >= 15 is 0 Å². The molecule has 0 aromatic heterocycles. The summed E-state index contributed by atoms with van der Waals surface area (Å²) in [6, 6.07) is 4.76. The summed E-state index contributed by atoms with van der Waals surface area (Å²) < 4.78 is 19.4. The van der Waals surface area contributed by atoms with Crippen LogP contribution in [0.4, 0.5) is 14.9 Å². The van der Waals surface area contributed by atoms with Gasteiger partial charge in [-0.05, 0) is 74.4 Å². The smallest absolute Gasteiger partial charge is 0.410 e. The Kier molecular flexibility index (Phi) is 5.52. The lowest BCUT2D eigenvalue weighted by Crippen LogP contribution is -2.42. The molecule has 2 rings (SSSR count). The average Bonchev–Trinajstić information content (AvgIpc) is 2.84. The lowest BCUT2D eigenvalue weighted by molar-refractivity contribution is 0.0235. The van der Waals surface area contributed by atoms with Crippen molar-refractivity contribution in [2.75, 3.05) is 18.4 Å². The van der Waals surface area contributed by atoms with Crippen LogP contribution in [0.1, 0.15) is 33.6 Å². The molecule has 1 fully saturated rings. The lowest BCUT2D eigenvalue weighted by atomic mass is 10.2. The number of carbonyl (C=O) groups is 1. The first-order valence-corrected chi connectivity index (χ1v) is 8.53. The summed E-state index contributed by atoms with van der Waals surface area (Å²) in [4.78, 5) is 14.0. The number of rotatable bonds is 3. The van der Waals surface area contributed by atoms with Crippen molar-refractivity contribution in [2.45, 2.75) is 45.3 Å². The van der Waals surface area contributed by atoms with Crippen LogP contribution in [0.3, 0.4) is 0 Å². The van der Waals surface area contributed by atoms with Crippen molar-refractivity contribution < 1.29 is 13.9 Å². The molecule has 1 N–H and O–H groups in total. The summed E-state index contributed by atoms with van der Waals surface area (Å²) in [5, 5.41) is 3.31. The molecular formula is C16H22FIN2O2. The minimum atomic E-state index is -0.482. The number of nitrogens with one attached hydrogen (secondary N) is 1. The molecular weight excluding hydrogens is 398 g/mol. The normalized spacial score (nSPS) is 18.4. The zero-order valence-electron chi connectivity index (χ0n) is 13.2. The largest absolute Gasteiger partial charge is 0.444 e. The number of ether oxygens (including phenoxy) is 1. The minimum absolute atomic E-state index is 0.107. The molecule has 122 valence electrons. The Labute approximate surface area is 144 Å². The van der Waals surface area contributed by atoms with Crippen molar-refractivity contribution in [2.24, 2.45) is 0 Å². The maximum absolute atomic E-state index is 13.1. The van der Waals surface area contributed by atoms with Crippen molar-refractivity contribution in [3.8, 4) is 0 Å². The quantitative estimate of drug-likeness (QED) is 0.744. The Hall–Kier alpha value is -1.05. The second-order valence-corrected chi connectivity index (χ2v) is 7.64. The molecule has 1 aliphatic heterocycles. The van der Waals surface area contributed by atoms with E-state index in [1.54, 1.807) is 11.0 Å². The molecule has 1 saturated heterocycles. The van der Waals surface area contributed by atoms with Crippen molar-refractivity contribution in [1.82, 2.24) is 4.90 Å². The van der Waals surface area contributed by atoms with Crippen LogP contribution in [0, 0.1) is 9.39 Å². The van der Waals surface area contributed by atoms with Crippen LogP contribution in [-0.4, -0.2) is 35.7 Å². The van der Waals surface area contributed by atoms with Crippen molar-refractivity contribution >= 4 is 34.4 Å². The van der Waals surface area contributed by atoms with Gasteiger partial charge in [0.2, 0.25) is 0 Å². The van der Waals surface area contributed by atoms with Crippen LogP contribution in [0.2, 0.25) is 0 Å². The van der Waals surface area contributed by atoms with Gasteiger partial charge in [-0.15, -0.1) is 0 Å². The SMILES string of the molecule is CC(C)(C)OC(=O)N1CCCC1CNc1ccc(F)cc1I. The second-order valence-electron chi connectivity index (χ2n) is 6.47. The van der Waals surface area contributed by atoms with Crippen LogP contribution < -0.4 is 5.32 Å². The third-order valence-corrected chi connectivity index (χ3v) is 4.36. The predicted molar refractivity (Wildman–Crippen MR) is 93.6 cm³/mol. The Balaban J connectivity index is 1.95. The molecule has 1 heterocycles. The van der Waals surface area contributed by atoms with Gasteiger partial charge in [-0.1, -0.05) is 0 Å². The number of halogens is 2. The van der Waals surface area contributed by atoms with Gasteiger partial charge in [-0.25, -0.2) is 9.18 Å². The number of nitrogens with zero attached hydrogens (tertiary/aromatic N) is 1. The van der Waals surface area contributed by atoms with Gasteiger partial charge in [0.05, 0.1) is 6.04 Å². The Morgan fingerprint density at radius 3 is 2.86 bits per heavy atom. The number of carbonyl (C=O) groups excluding carboxylic acids is 1. The molecule has 0 radical (unpaired) electrons. The van der Waals surface area contributed by atoms with Gasteiger partial charge in [0.1, 0.15) is 11.4 Å². The highest BCUT2D eigenvalue weighted by molar-refractivity contribution is 14.1. The molecule has 0 aliphatic carbocycles. The van der Waals surface area contributed by atoms with Crippen LogP contribution in [-0.2, 0) is 4.74 Å². The summed E-state index contributed by atoms with van der Waals surface area (Å²) in [5.74, 6) is -0.244. The molecule has 6 heteroatoms. The highest BCUT2D eigenvalue weighted by Crippen LogP contribution is 2.23. The van der Waals surface area contributed by atoms with Gasteiger partial charge in [-0.3, -0.25) is 0 Å². The summed E-state index contributed by atoms with van der Waals surface area (Å²) in [6.45, 7) is 6.97. The Morgan fingerprint density at radius 2 is 2.23 bits per heavy atom. The summed E-state index contributed by atoms with van der Waals surface area (Å²) >= 11 is 2.10. The molecule has 0 spiro atoms. The summed E-state index contributed by atoms with van der Waals surface area (Å²) in [6.07, 6.45) is 1.67. The van der Waals surface area contributed by atoms with Gasteiger partial charge in [0.15, 0.2) is 0 Å². The van der Waals surface area contributed by atoms with Crippen LogP contribution in [0.15, 0.2) is 18.2 Å². The fraction of sp³-hybridized carbons (Fsp3) is 0.562.